The number of benzene rings is 1. The number of halogens is 3. The van der Waals surface area contributed by atoms with Gasteiger partial charge in [0, 0.05) is 0 Å². The van der Waals surface area contributed by atoms with Gasteiger partial charge in [0.2, 0.25) is 5.91 Å². The van der Waals surface area contributed by atoms with Gasteiger partial charge in [-0.1, -0.05) is 12.1 Å². The van der Waals surface area contributed by atoms with Crippen molar-refractivity contribution in [1.82, 2.24) is 0 Å². The summed E-state index contributed by atoms with van der Waals surface area (Å²) in [5.74, 6) is -0.693. The summed E-state index contributed by atoms with van der Waals surface area (Å²) in [4.78, 5) is 10.7. The maximum Gasteiger partial charge on any atom is 0.387 e. The number of carbonyl (C=O) groups is 1. The molecule has 6 heteroatoms. The van der Waals surface area contributed by atoms with Crippen LogP contribution < -0.4 is 10.5 Å². The van der Waals surface area contributed by atoms with Crippen LogP contribution in [-0.4, -0.2) is 12.5 Å². The van der Waals surface area contributed by atoms with Crippen LogP contribution in [0.3, 0.4) is 0 Å². The van der Waals surface area contributed by atoms with Gasteiger partial charge in [-0.05, 0) is 17.7 Å². The van der Waals surface area contributed by atoms with Crippen molar-refractivity contribution >= 4 is 17.5 Å². The Morgan fingerprint density at radius 2 is 1.87 bits per heavy atom. The lowest BCUT2D eigenvalue weighted by Crippen LogP contribution is -2.16. The molecule has 1 amide bonds. The first-order valence-electron chi connectivity index (χ1n) is 3.99. The van der Waals surface area contributed by atoms with Crippen molar-refractivity contribution in [3.05, 3.63) is 29.8 Å². The molecule has 0 spiro atoms. The molecule has 1 aromatic rings. The molecule has 1 unspecified atom stereocenters. The Morgan fingerprint density at radius 1 is 1.33 bits per heavy atom. The summed E-state index contributed by atoms with van der Waals surface area (Å²) in [6.45, 7) is -2.88. The van der Waals surface area contributed by atoms with Gasteiger partial charge in [0.25, 0.3) is 0 Å². The van der Waals surface area contributed by atoms with E-state index < -0.39 is 17.9 Å². The summed E-state index contributed by atoms with van der Waals surface area (Å²) in [6, 6.07) is 5.39. The first-order chi connectivity index (χ1) is 7.00. The number of hydrogen-bond acceptors (Lipinski definition) is 2. The molecular formula is C9H8ClF2NO2. The van der Waals surface area contributed by atoms with Gasteiger partial charge in [-0.3, -0.25) is 4.79 Å². The van der Waals surface area contributed by atoms with Gasteiger partial charge in [-0.15, -0.1) is 11.6 Å². The second-order valence-electron chi connectivity index (χ2n) is 2.71. The number of hydrogen-bond donors (Lipinski definition) is 1. The summed E-state index contributed by atoms with van der Waals surface area (Å²) in [6.07, 6.45) is 0. The molecule has 1 aromatic carbocycles. The number of primary amides is 1. The first kappa shape index (κ1) is 11.7. The predicted molar refractivity (Wildman–Crippen MR) is 50.9 cm³/mol. The van der Waals surface area contributed by atoms with E-state index in [1.54, 1.807) is 0 Å². The van der Waals surface area contributed by atoms with Crippen molar-refractivity contribution in [3.8, 4) is 5.75 Å². The zero-order valence-electron chi connectivity index (χ0n) is 7.49. The second-order valence-corrected chi connectivity index (χ2v) is 3.15. The van der Waals surface area contributed by atoms with Crippen molar-refractivity contribution < 1.29 is 18.3 Å². The molecule has 2 N–H and O–H groups in total. The monoisotopic (exact) mass is 235 g/mol. The molecule has 0 heterocycles. The number of alkyl halides is 3. The fourth-order valence-electron chi connectivity index (χ4n) is 0.982. The fourth-order valence-corrected chi connectivity index (χ4v) is 1.13. The minimum atomic E-state index is -2.88. The molecule has 0 aliphatic rings. The summed E-state index contributed by atoms with van der Waals surface area (Å²) in [5, 5.41) is -0.967. The number of rotatable bonds is 4. The normalized spacial score (nSPS) is 12.5. The van der Waals surface area contributed by atoms with Crippen LogP contribution in [0.15, 0.2) is 24.3 Å². The summed E-state index contributed by atoms with van der Waals surface area (Å²) < 4.78 is 27.7. The number of ether oxygens (including phenoxy) is 1. The molecule has 15 heavy (non-hydrogen) atoms. The standard InChI is InChI=1S/C9H8ClF2NO2/c10-7(8(13)14)5-1-3-6(4-2-5)15-9(11)12/h1-4,7,9H,(H2,13,14). The Morgan fingerprint density at radius 3 is 2.27 bits per heavy atom. The van der Waals surface area contributed by atoms with Gasteiger partial charge >= 0.3 is 6.61 Å². The minimum Gasteiger partial charge on any atom is -0.435 e. The van der Waals surface area contributed by atoms with Crippen LogP contribution in [0.1, 0.15) is 10.9 Å². The summed E-state index contributed by atoms with van der Waals surface area (Å²) >= 11 is 5.64. The minimum absolute atomic E-state index is 0.00193. The zero-order chi connectivity index (χ0) is 11.4. The molecule has 0 fully saturated rings. The summed E-state index contributed by atoms with van der Waals surface area (Å²) in [5.41, 5.74) is 5.40. The van der Waals surface area contributed by atoms with Crippen LogP contribution in [0.2, 0.25) is 0 Å². The van der Waals surface area contributed by atoms with Crippen LogP contribution in [-0.2, 0) is 4.79 Å². The Hall–Kier alpha value is -1.36. The van der Waals surface area contributed by atoms with Crippen molar-refractivity contribution in [3.63, 3.8) is 0 Å². The largest absolute Gasteiger partial charge is 0.435 e. The van der Waals surface area contributed by atoms with E-state index >= 15 is 0 Å². The molecule has 1 rings (SSSR count). The van der Waals surface area contributed by atoms with E-state index in [0.29, 0.717) is 5.56 Å². The SMILES string of the molecule is NC(=O)C(Cl)c1ccc(OC(F)F)cc1. The number of nitrogens with two attached hydrogens (primary N) is 1. The molecule has 0 aliphatic carbocycles. The van der Waals surface area contributed by atoms with E-state index in [1.165, 1.54) is 24.3 Å². The van der Waals surface area contributed by atoms with Crippen LogP contribution in [0, 0.1) is 0 Å². The van der Waals surface area contributed by atoms with E-state index in [9.17, 15) is 13.6 Å². The van der Waals surface area contributed by atoms with E-state index in [0.717, 1.165) is 0 Å². The second kappa shape index (κ2) is 4.93. The molecule has 3 nitrogen and oxygen atoms in total. The van der Waals surface area contributed by atoms with E-state index in [4.69, 9.17) is 17.3 Å². The van der Waals surface area contributed by atoms with Gasteiger partial charge < -0.3 is 10.5 Å². The maximum atomic E-state index is 11.8. The molecular weight excluding hydrogens is 228 g/mol. The Balaban J connectivity index is 2.76. The van der Waals surface area contributed by atoms with Crippen LogP contribution >= 0.6 is 11.6 Å². The van der Waals surface area contributed by atoms with Gasteiger partial charge in [-0.2, -0.15) is 8.78 Å². The number of amides is 1. The third kappa shape index (κ3) is 3.36. The Kier molecular flexibility index (Phi) is 3.85. The highest BCUT2D eigenvalue weighted by molar-refractivity contribution is 6.30. The van der Waals surface area contributed by atoms with E-state index in [1.807, 2.05) is 0 Å². The predicted octanol–water partition coefficient (Wildman–Crippen LogP) is 2.05. The van der Waals surface area contributed by atoms with Gasteiger partial charge in [0.05, 0.1) is 0 Å². The van der Waals surface area contributed by atoms with Crippen molar-refractivity contribution in [2.45, 2.75) is 12.0 Å². The van der Waals surface area contributed by atoms with Crippen LogP contribution in [0.5, 0.6) is 5.75 Å². The lowest BCUT2D eigenvalue weighted by molar-refractivity contribution is -0.117. The first-order valence-corrected chi connectivity index (χ1v) is 4.42. The Labute approximate surface area is 89.8 Å². The maximum absolute atomic E-state index is 11.8. The highest BCUT2D eigenvalue weighted by Gasteiger charge is 2.14. The third-order valence-electron chi connectivity index (χ3n) is 1.65. The molecule has 1 atom stereocenters. The average Bonchev–Trinajstić information content (AvgIpc) is 2.17. The number of carbonyl (C=O) groups excluding carboxylic acids is 1. The third-order valence-corrected chi connectivity index (χ3v) is 2.11. The van der Waals surface area contributed by atoms with E-state index in [-0.39, 0.29) is 5.75 Å². The van der Waals surface area contributed by atoms with Crippen molar-refractivity contribution in [2.75, 3.05) is 0 Å². The molecule has 0 bridgehead atoms. The van der Waals surface area contributed by atoms with Gasteiger partial charge in [-0.25, -0.2) is 0 Å². The van der Waals surface area contributed by atoms with Gasteiger partial charge in [0.1, 0.15) is 11.1 Å². The van der Waals surface area contributed by atoms with Crippen LogP contribution in [0.4, 0.5) is 8.78 Å². The molecule has 0 saturated carbocycles. The van der Waals surface area contributed by atoms with Crippen molar-refractivity contribution in [2.24, 2.45) is 5.73 Å². The molecule has 0 saturated heterocycles. The van der Waals surface area contributed by atoms with E-state index in [2.05, 4.69) is 4.74 Å². The lowest BCUT2D eigenvalue weighted by Gasteiger charge is -2.07. The molecule has 82 valence electrons. The van der Waals surface area contributed by atoms with Crippen LogP contribution in [0.25, 0.3) is 0 Å². The lowest BCUT2D eigenvalue weighted by atomic mass is 10.1. The Bertz CT molecular complexity index is 342. The highest BCUT2D eigenvalue weighted by atomic mass is 35.5. The highest BCUT2D eigenvalue weighted by Crippen LogP contribution is 2.23. The smallest absolute Gasteiger partial charge is 0.387 e. The van der Waals surface area contributed by atoms with Crippen molar-refractivity contribution in [1.29, 1.82) is 0 Å². The quantitative estimate of drug-likeness (QED) is 0.812. The molecule has 0 aliphatic heterocycles. The average molecular weight is 236 g/mol. The summed E-state index contributed by atoms with van der Waals surface area (Å²) in [7, 11) is 0. The fraction of sp³-hybridized carbons (Fsp3) is 0.222. The zero-order valence-corrected chi connectivity index (χ0v) is 8.25. The topological polar surface area (TPSA) is 52.3 Å². The molecule has 0 radical (unpaired) electrons. The molecule has 0 aromatic heterocycles. The van der Waals surface area contributed by atoms with Gasteiger partial charge in [0.15, 0.2) is 0 Å².